The maximum Gasteiger partial charge on any atom is 0.255 e. The first-order chi connectivity index (χ1) is 19.1. The smallest absolute Gasteiger partial charge is 0.255 e. The van der Waals surface area contributed by atoms with Crippen LogP contribution in [0.25, 0.3) is 0 Å². The number of hydrogen-bond donors (Lipinski definition) is 2. The molecule has 3 aromatic carbocycles. The Morgan fingerprint density at radius 2 is 0.850 bits per heavy atom. The summed E-state index contributed by atoms with van der Waals surface area (Å²) in [6.45, 7) is 14.1. The van der Waals surface area contributed by atoms with Crippen molar-refractivity contribution in [3.05, 3.63) is 83.9 Å². The summed E-state index contributed by atoms with van der Waals surface area (Å²) in [5.74, 6) is -0.259. The van der Waals surface area contributed by atoms with Gasteiger partial charge in [0.2, 0.25) is 0 Å². The molecule has 2 N–H and O–H groups in total. The zero-order valence-electron chi connectivity index (χ0n) is 25.4. The topological polar surface area (TPSA) is 58.2 Å². The number of anilines is 2. The van der Waals surface area contributed by atoms with E-state index in [-0.39, 0.29) is 11.8 Å². The predicted molar refractivity (Wildman–Crippen MR) is 178 cm³/mol. The number of benzene rings is 3. The molecule has 0 aromatic heterocycles. The second-order valence-electron chi connectivity index (χ2n) is 12.3. The lowest BCUT2D eigenvalue weighted by Gasteiger charge is -2.23. The Morgan fingerprint density at radius 3 is 1.15 bits per heavy atom. The molecule has 0 aliphatic heterocycles. The molecule has 0 aliphatic carbocycles. The van der Waals surface area contributed by atoms with Crippen LogP contribution in [0.4, 0.5) is 11.4 Å². The Bertz CT molecular complexity index is 1140. The SMILES string of the molecule is CCCCC[Si](C)(C)c1ccc(C(=O)Nc2ccc(NC(=O)c3ccc([Si](C)(C)CCCCC)cc3)cc2)cc1. The molecular formula is C34H48N2O2Si2. The molecule has 0 fully saturated rings. The van der Waals surface area contributed by atoms with Gasteiger partial charge in [0.1, 0.15) is 0 Å². The molecule has 0 spiro atoms. The lowest BCUT2D eigenvalue weighted by atomic mass is 10.2. The van der Waals surface area contributed by atoms with Gasteiger partial charge in [-0.05, 0) is 48.5 Å². The summed E-state index contributed by atoms with van der Waals surface area (Å²) < 4.78 is 0. The van der Waals surface area contributed by atoms with E-state index in [2.05, 4.69) is 74.9 Å². The Hall–Kier alpha value is -2.97. The van der Waals surface area contributed by atoms with Crippen LogP contribution in [0.2, 0.25) is 38.3 Å². The number of hydrogen-bond acceptors (Lipinski definition) is 2. The van der Waals surface area contributed by atoms with Gasteiger partial charge in [-0.25, -0.2) is 0 Å². The minimum Gasteiger partial charge on any atom is -0.322 e. The number of carbonyl (C=O) groups excluding carboxylic acids is 2. The van der Waals surface area contributed by atoms with Crippen molar-refractivity contribution >= 4 is 49.7 Å². The van der Waals surface area contributed by atoms with Crippen LogP contribution in [0.3, 0.4) is 0 Å². The summed E-state index contributed by atoms with van der Waals surface area (Å²) >= 11 is 0. The molecule has 0 heterocycles. The van der Waals surface area contributed by atoms with Crippen LogP contribution in [-0.2, 0) is 0 Å². The average Bonchev–Trinajstić information content (AvgIpc) is 2.94. The minimum absolute atomic E-state index is 0.130. The van der Waals surface area contributed by atoms with E-state index in [1.807, 2.05) is 48.5 Å². The fourth-order valence-electron chi connectivity index (χ4n) is 5.11. The Balaban J connectivity index is 1.55. The molecule has 0 atom stereocenters. The molecule has 0 radical (unpaired) electrons. The van der Waals surface area contributed by atoms with Gasteiger partial charge in [-0.2, -0.15) is 0 Å². The van der Waals surface area contributed by atoms with E-state index in [1.165, 1.54) is 61.0 Å². The Morgan fingerprint density at radius 1 is 0.525 bits per heavy atom. The van der Waals surface area contributed by atoms with Crippen LogP contribution in [0, 0.1) is 0 Å². The van der Waals surface area contributed by atoms with Crippen molar-refractivity contribution in [2.45, 2.75) is 90.6 Å². The summed E-state index contributed by atoms with van der Waals surface area (Å²) in [5, 5.41) is 8.74. The lowest BCUT2D eigenvalue weighted by molar-refractivity contribution is 0.101. The molecule has 3 rings (SSSR count). The summed E-state index contributed by atoms with van der Waals surface area (Å²) in [4.78, 5) is 25.7. The average molecular weight is 573 g/mol. The summed E-state index contributed by atoms with van der Waals surface area (Å²) in [7, 11) is -2.95. The zero-order chi connectivity index (χ0) is 29.2. The maximum absolute atomic E-state index is 12.8. The third-order valence-electron chi connectivity index (χ3n) is 8.07. The molecule has 0 saturated heterocycles. The van der Waals surface area contributed by atoms with Gasteiger partial charge in [-0.15, -0.1) is 0 Å². The second-order valence-corrected chi connectivity index (χ2v) is 22.0. The quantitative estimate of drug-likeness (QED) is 0.150. The number of nitrogens with one attached hydrogen (secondary N) is 2. The predicted octanol–water partition coefficient (Wildman–Crippen LogP) is 8.40. The molecule has 4 nitrogen and oxygen atoms in total. The van der Waals surface area contributed by atoms with Crippen molar-refractivity contribution in [2.75, 3.05) is 10.6 Å². The van der Waals surface area contributed by atoms with Crippen LogP contribution >= 0.6 is 0 Å². The van der Waals surface area contributed by atoms with Gasteiger partial charge >= 0.3 is 0 Å². The highest BCUT2D eigenvalue weighted by Crippen LogP contribution is 2.19. The van der Waals surface area contributed by atoms with Crippen molar-refractivity contribution in [1.82, 2.24) is 0 Å². The van der Waals surface area contributed by atoms with Gasteiger partial charge in [-0.1, -0.05) is 125 Å². The van der Waals surface area contributed by atoms with Gasteiger partial charge in [0, 0.05) is 22.5 Å². The number of unbranched alkanes of at least 4 members (excludes halogenated alkanes) is 4. The molecule has 0 unspecified atom stereocenters. The van der Waals surface area contributed by atoms with Crippen LogP contribution in [0.15, 0.2) is 72.8 Å². The summed E-state index contributed by atoms with van der Waals surface area (Å²) in [6.07, 6.45) is 7.60. The van der Waals surface area contributed by atoms with Gasteiger partial charge < -0.3 is 10.6 Å². The minimum atomic E-state index is -1.48. The van der Waals surface area contributed by atoms with Gasteiger partial charge in [0.05, 0.1) is 16.1 Å². The highest BCUT2D eigenvalue weighted by Gasteiger charge is 2.24. The first-order valence-corrected chi connectivity index (χ1v) is 21.4. The van der Waals surface area contributed by atoms with Gasteiger partial charge in [-0.3, -0.25) is 9.59 Å². The van der Waals surface area contributed by atoms with Crippen molar-refractivity contribution < 1.29 is 9.59 Å². The van der Waals surface area contributed by atoms with Crippen LogP contribution in [-0.4, -0.2) is 28.0 Å². The fraction of sp³-hybridized carbons (Fsp3) is 0.412. The van der Waals surface area contributed by atoms with E-state index in [9.17, 15) is 9.59 Å². The van der Waals surface area contributed by atoms with E-state index >= 15 is 0 Å². The van der Waals surface area contributed by atoms with E-state index in [0.29, 0.717) is 22.5 Å². The maximum atomic E-state index is 12.8. The van der Waals surface area contributed by atoms with Gasteiger partial charge in [0.25, 0.3) is 11.8 Å². The van der Waals surface area contributed by atoms with E-state index < -0.39 is 16.1 Å². The first-order valence-electron chi connectivity index (χ1n) is 15.0. The Kier molecular flexibility index (Phi) is 11.5. The molecule has 0 saturated carbocycles. The standard InChI is InChI=1S/C34H48N2O2Si2/c1-7-9-11-25-39(3,4)31-21-13-27(14-22-31)33(37)35-29-17-19-30(20-18-29)36-34(38)28-15-23-32(24-16-28)40(5,6)26-12-10-8-2/h13-24H,7-12,25-26H2,1-6H3,(H,35,37)(H,36,38). The lowest BCUT2D eigenvalue weighted by Crippen LogP contribution is -2.41. The molecule has 6 heteroatoms. The number of amides is 2. The summed E-state index contributed by atoms with van der Waals surface area (Å²) in [6, 6.07) is 26.1. The first kappa shape index (κ1) is 31.6. The molecule has 40 heavy (non-hydrogen) atoms. The largest absolute Gasteiger partial charge is 0.322 e. The molecule has 0 aliphatic rings. The molecule has 2 amide bonds. The zero-order valence-corrected chi connectivity index (χ0v) is 27.4. The normalized spacial score (nSPS) is 11.8. The fourth-order valence-corrected chi connectivity index (χ4v) is 10.1. The van der Waals surface area contributed by atoms with Crippen molar-refractivity contribution in [3.63, 3.8) is 0 Å². The number of carbonyl (C=O) groups is 2. The van der Waals surface area contributed by atoms with Crippen molar-refractivity contribution in [3.8, 4) is 0 Å². The van der Waals surface area contributed by atoms with Crippen LogP contribution < -0.4 is 21.0 Å². The van der Waals surface area contributed by atoms with E-state index in [0.717, 1.165) is 0 Å². The van der Waals surface area contributed by atoms with E-state index in [4.69, 9.17) is 0 Å². The third-order valence-corrected chi connectivity index (χ3v) is 15.1. The Labute approximate surface area is 244 Å². The van der Waals surface area contributed by atoms with Crippen molar-refractivity contribution in [2.24, 2.45) is 0 Å². The third kappa shape index (κ3) is 9.03. The number of rotatable bonds is 14. The molecule has 214 valence electrons. The van der Waals surface area contributed by atoms with Crippen molar-refractivity contribution in [1.29, 1.82) is 0 Å². The summed E-state index contributed by atoms with van der Waals surface area (Å²) in [5.41, 5.74) is 2.70. The van der Waals surface area contributed by atoms with Crippen LogP contribution in [0.5, 0.6) is 0 Å². The highest BCUT2D eigenvalue weighted by atomic mass is 28.3. The molecular weight excluding hydrogens is 525 g/mol. The molecule has 3 aromatic rings. The second kappa shape index (κ2) is 14.6. The monoisotopic (exact) mass is 572 g/mol. The van der Waals surface area contributed by atoms with Crippen LogP contribution in [0.1, 0.15) is 73.1 Å². The van der Waals surface area contributed by atoms with E-state index in [1.54, 1.807) is 0 Å². The highest BCUT2D eigenvalue weighted by molar-refractivity contribution is 6.90. The van der Waals surface area contributed by atoms with Gasteiger partial charge in [0.15, 0.2) is 0 Å². The molecule has 0 bridgehead atoms.